The van der Waals surface area contributed by atoms with Crippen LogP contribution in [0.25, 0.3) is 10.2 Å². The van der Waals surface area contributed by atoms with Crippen molar-refractivity contribution in [2.24, 2.45) is 0 Å². The number of carbonyl (C=O) groups is 2. The Labute approximate surface area is 176 Å². The number of thiophene rings is 1. The van der Waals surface area contributed by atoms with Gasteiger partial charge in [-0.3, -0.25) is 9.59 Å². The predicted molar refractivity (Wildman–Crippen MR) is 116 cm³/mol. The Morgan fingerprint density at radius 3 is 2.32 bits per heavy atom. The summed E-state index contributed by atoms with van der Waals surface area (Å²) in [7, 11) is 0. The second-order valence-electron chi connectivity index (χ2n) is 7.20. The van der Waals surface area contributed by atoms with Crippen LogP contribution in [-0.4, -0.2) is 52.4 Å². The van der Waals surface area contributed by atoms with Gasteiger partial charge in [0, 0.05) is 39.6 Å². The molecular formula is C21H22BrN3O2S. The molecule has 0 radical (unpaired) electrons. The summed E-state index contributed by atoms with van der Waals surface area (Å²) >= 11 is 5.20. The molecule has 0 N–H and O–H groups in total. The molecule has 5 nitrogen and oxygen atoms in total. The van der Waals surface area contributed by atoms with Crippen LogP contribution in [0.2, 0.25) is 0 Å². The van der Waals surface area contributed by atoms with E-state index in [4.69, 9.17) is 0 Å². The fourth-order valence-electron chi connectivity index (χ4n) is 3.62. The van der Waals surface area contributed by atoms with Gasteiger partial charge in [-0.1, -0.05) is 29.8 Å². The summed E-state index contributed by atoms with van der Waals surface area (Å²) in [6.45, 7) is 6.65. The molecule has 0 spiro atoms. The van der Waals surface area contributed by atoms with Crippen LogP contribution in [0.15, 0.2) is 40.2 Å². The molecule has 3 heterocycles. The van der Waals surface area contributed by atoms with Crippen LogP contribution in [0.5, 0.6) is 0 Å². The number of hydrogen-bond acceptors (Lipinski definition) is 3. The third-order valence-corrected chi connectivity index (χ3v) is 6.83. The summed E-state index contributed by atoms with van der Waals surface area (Å²) in [5, 5.41) is 0. The molecule has 0 aliphatic carbocycles. The molecule has 146 valence electrons. The van der Waals surface area contributed by atoms with E-state index in [0.29, 0.717) is 38.4 Å². The summed E-state index contributed by atoms with van der Waals surface area (Å²) in [4.78, 5) is 28.5. The number of piperazine rings is 1. The maximum atomic E-state index is 13.3. The van der Waals surface area contributed by atoms with Gasteiger partial charge < -0.3 is 14.4 Å². The predicted octanol–water partition coefficient (Wildman–Crippen LogP) is 4.13. The zero-order chi connectivity index (χ0) is 19.8. The van der Waals surface area contributed by atoms with Gasteiger partial charge in [0.1, 0.15) is 5.69 Å². The highest BCUT2D eigenvalue weighted by Gasteiger charge is 2.26. The number of hydrogen-bond donors (Lipinski definition) is 0. The van der Waals surface area contributed by atoms with Crippen LogP contribution in [-0.2, 0) is 11.3 Å². The number of aromatic nitrogens is 1. The van der Waals surface area contributed by atoms with E-state index in [1.807, 2.05) is 11.0 Å². The van der Waals surface area contributed by atoms with E-state index in [1.165, 1.54) is 11.1 Å². The molecule has 3 aromatic rings. The van der Waals surface area contributed by atoms with E-state index < -0.39 is 0 Å². The van der Waals surface area contributed by atoms with E-state index in [0.717, 1.165) is 14.0 Å². The number of aryl methyl sites for hydroxylation is 1. The van der Waals surface area contributed by atoms with Crippen molar-refractivity contribution >= 4 is 49.3 Å². The fourth-order valence-corrected chi connectivity index (χ4v) is 5.19. The van der Waals surface area contributed by atoms with Gasteiger partial charge in [-0.2, -0.15) is 0 Å². The molecule has 1 aliphatic rings. The van der Waals surface area contributed by atoms with Crippen molar-refractivity contribution in [2.75, 3.05) is 26.2 Å². The maximum absolute atomic E-state index is 13.3. The van der Waals surface area contributed by atoms with Gasteiger partial charge in [-0.05, 0) is 40.5 Å². The first-order chi connectivity index (χ1) is 13.4. The molecule has 2 amide bonds. The standard InChI is InChI=1S/C21H22BrN3O2S/c1-14-3-5-16(6-4-14)13-25-17-12-20(22)28-19(17)11-18(25)21(27)24-9-7-23(8-10-24)15(2)26/h3-6,11-12H,7-10,13H2,1-2H3. The van der Waals surface area contributed by atoms with Crippen molar-refractivity contribution in [3.05, 3.63) is 57.0 Å². The lowest BCUT2D eigenvalue weighted by atomic mass is 10.1. The summed E-state index contributed by atoms with van der Waals surface area (Å²) in [5.74, 6) is 0.107. The van der Waals surface area contributed by atoms with E-state index in [2.05, 4.69) is 57.8 Å². The van der Waals surface area contributed by atoms with Crippen LogP contribution in [0.3, 0.4) is 0 Å². The first-order valence-electron chi connectivity index (χ1n) is 9.31. The molecule has 2 aromatic heterocycles. The van der Waals surface area contributed by atoms with E-state index in [1.54, 1.807) is 23.2 Å². The topological polar surface area (TPSA) is 45.6 Å². The average Bonchev–Trinajstić information content (AvgIpc) is 3.20. The van der Waals surface area contributed by atoms with E-state index >= 15 is 0 Å². The summed E-state index contributed by atoms with van der Waals surface area (Å²) in [6.07, 6.45) is 0. The lowest BCUT2D eigenvalue weighted by Gasteiger charge is -2.34. The monoisotopic (exact) mass is 459 g/mol. The molecule has 0 atom stereocenters. The lowest BCUT2D eigenvalue weighted by Crippen LogP contribution is -2.50. The maximum Gasteiger partial charge on any atom is 0.270 e. The van der Waals surface area contributed by atoms with Crippen molar-refractivity contribution in [3.8, 4) is 0 Å². The molecule has 1 aliphatic heterocycles. The normalized spacial score (nSPS) is 14.7. The molecule has 0 saturated carbocycles. The Morgan fingerprint density at radius 1 is 1.04 bits per heavy atom. The molecule has 4 rings (SSSR count). The number of carbonyl (C=O) groups excluding carboxylic acids is 2. The second-order valence-corrected chi connectivity index (χ2v) is 9.66. The Hall–Kier alpha value is -2.12. The van der Waals surface area contributed by atoms with E-state index in [9.17, 15) is 9.59 Å². The molecule has 1 saturated heterocycles. The van der Waals surface area contributed by atoms with Gasteiger partial charge in [0.05, 0.1) is 14.0 Å². The van der Waals surface area contributed by atoms with E-state index in [-0.39, 0.29) is 11.8 Å². The molecule has 0 bridgehead atoms. The molecule has 1 fully saturated rings. The van der Waals surface area contributed by atoms with Gasteiger partial charge in [-0.25, -0.2) is 0 Å². The number of halogens is 1. The number of amides is 2. The highest BCUT2D eigenvalue weighted by molar-refractivity contribution is 9.11. The minimum absolute atomic E-state index is 0.0369. The highest BCUT2D eigenvalue weighted by Crippen LogP contribution is 2.33. The van der Waals surface area contributed by atoms with Crippen LogP contribution in [0, 0.1) is 6.92 Å². The van der Waals surface area contributed by atoms with Crippen molar-refractivity contribution < 1.29 is 9.59 Å². The van der Waals surface area contributed by atoms with Crippen LogP contribution in [0.4, 0.5) is 0 Å². The Balaban J connectivity index is 1.64. The van der Waals surface area contributed by atoms with Crippen molar-refractivity contribution in [2.45, 2.75) is 20.4 Å². The Bertz CT molecular complexity index is 1030. The molecule has 0 unspecified atom stereocenters. The highest BCUT2D eigenvalue weighted by atomic mass is 79.9. The molecule has 1 aromatic carbocycles. The van der Waals surface area contributed by atoms with Gasteiger partial charge in [-0.15, -0.1) is 11.3 Å². The summed E-state index contributed by atoms with van der Waals surface area (Å²) in [6, 6.07) is 12.5. The number of fused-ring (bicyclic) bond motifs is 1. The van der Waals surface area contributed by atoms with Gasteiger partial charge in [0.2, 0.25) is 5.91 Å². The molecule has 28 heavy (non-hydrogen) atoms. The molecule has 7 heteroatoms. The van der Waals surface area contributed by atoms with Gasteiger partial charge in [0.25, 0.3) is 5.91 Å². The third kappa shape index (κ3) is 3.73. The summed E-state index contributed by atoms with van der Waals surface area (Å²) < 4.78 is 4.27. The van der Waals surface area contributed by atoms with Crippen LogP contribution in [0.1, 0.15) is 28.5 Å². The van der Waals surface area contributed by atoms with Crippen molar-refractivity contribution in [1.82, 2.24) is 14.4 Å². The zero-order valence-electron chi connectivity index (χ0n) is 15.9. The number of rotatable bonds is 3. The number of nitrogens with zero attached hydrogens (tertiary/aromatic N) is 3. The fraction of sp³-hybridized carbons (Fsp3) is 0.333. The quantitative estimate of drug-likeness (QED) is 0.590. The largest absolute Gasteiger partial charge is 0.339 e. The average molecular weight is 460 g/mol. The second kappa shape index (κ2) is 7.72. The van der Waals surface area contributed by atoms with Gasteiger partial charge >= 0.3 is 0 Å². The zero-order valence-corrected chi connectivity index (χ0v) is 18.3. The minimum atomic E-state index is 0.0369. The first-order valence-corrected chi connectivity index (χ1v) is 10.9. The smallest absolute Gasteiger partial charge is 0.270 e. The Kier molecular flexibility index (Phi) is 5.29. The van der Waals surface area contributed by atoms with Gasteiger partial charge in [0.15, 0.2) is 0 Å². The van der Waals surface area contributed by atoms with Crippen molar-refractivity contribution in [3.63, 3.8) is 0 Å². The lowest BCUT2D eigenvalue weighted by molar-refractivity contribution is -0.130. The third-order valence-electron chi connectivity index (χ3n) is 5.25. The van der Waals surface area contributed by atoms with Crippen LogP contribution >= 0.6 is 27.3 Å². The minimum Gasteiger partial charge on any atom is -0.339 e. The van der Waals surface area contributed by atoms with Crippen LogP contribution < -0.4 is 0 Å². The first kappa shape index (κ1) is 19.2. The number of benzene rings is 1. The summed E-state index contributed by atoms with van der Waals surface area (Å²) in [5.41, 5.74) is 4.17. The Morgan fingerprint density at radius 2 is 1.68 bits per heavy atom. The van der Waals surface area contributed by atoms with Crippen molar-refractivity contribution in [1.29, 1.82) is 0 Å². The SMILES string of the molecule is CC(=O)N1CCN(C(=O)c2cc3sc(Br)cc3n2Cc2ccc(C)cc2)CC1. The molecular weight excluding hydrogens is 438 g/mol.